The number of hydrogen-bond donors (Lipinski definition) is 1. The van der Waals surface area contributed by atoms with Crippen molar-refractivity contribution in [3.63, 3.8) is 0 Å². The number of benzene rings is 1. The lowest BCUT2D eigenvalue weighted by atomic mass is 10.1. The molecule has 1 aromatic carbocycles. The van der Waals surface area contributed by atoms with Crippen molar-refractivity contribution in [2.75, 3.05) is 18.8 Å². The Bertz CT molecular complexity index is 880. The van der Waals surface area contributed by atoms with E-state index in [0.717, 1.165) is 42.9 Å². The second kappa shape index (κ2) is 8.04. The lowest BCUT2D eigenvalue weighted by Gasteiger charge is -2.21. The van der Waals surface area contributed by atoms with Crippen LogP contribution in [0.5, 0.6) is 0 Å². The Hall–Kier alpha value is -2.82. The zero-order valence-electron chi connectivity index (χ0n) is 15.5. The Morgan fingerprint density at radius 2 is 1.77 bits per heavy atom. The summed E-state index contributed by atoms with van der Waals surface area (Å²) in [5, 5.41) is 0. The summed E-state index contributed by atoms with van der Waals surface area (Å²) in [6.45, 7) is 5.76. The van der Waals surface area contributed by atoms with Crippen LogP contribution in [-0.2, 0) is 11.2 Å². The van der Waals surface area contributed by atoms with E-state index in [-0.39, 0.29) is 5.91 Å². The zero-order valence-corrected chi connectivity index (χ0v) is 15.5. The minimum Gasteiger partial charge on any atom is -0.396 e. The molecule has 0 radical (unpaired) electrons. The summed E-state index contributed by atoms with van der Waals surface area (Å²) in [6.07, 6.45) is 4.15. The van der Waals surface area contributed by atoms with E-state index in [1.54, 1.807) is 0 Å². The van der Waals surface area contributed by atoms with Crippen molar-refractivity contribution in [2.45, 2.75) is 33.1 Å². The minimum absolute atomic E-state index is 0.134. The maximum atomic E-state index is 13.0. The fraction of sp³-hybridized carbons (Fsp3) is 0.333. The van der Waals surface area contributed by atoms with Gasteiger partial charge < -0.3 is 15.0 Å². The molecule has 3 aromatic rings. The molecule has 0 fully saturated rings. The maximum Gasteiger partial charge on any atom is 0.228 e. The number of imidazole rings is 1. The SMILES string of the molecule is CCCN(CCC)C(=O)Cc1c(-c2ccccc2)nc2c(N)cccn12. The molecule has 5 heteroatoms. The first-order chi connectivity index (χ1) is 12.7. The number of nitrogen functional groups attached to an aromatic ring is 1. The van der Waals surface area contributed by atoms with Crippen molar-refractivity contribution in [1.29, 1.82) is 0 Å². The van der Waals surface area contributed by atoms with Crippen LogP contribution in [0.3, 0.4) is 0 Å². The lowest BCUT2D eigenvalue weighted by Crippen LogP contribution is -2.34. The van der Waals surface area contributed by atoms with Crippen molar-refractivity contribution >= 4 is 17.2 Å². The van der Waals surface area contributed by atoms with Crippen LogP contribution in [0.2, 0.25) is 0 Å². The third-order valence-corrected chi connectivity index (χ3v) is 4.48. The molecule has 3 rings (SSSR count). The van der Waals surface area contributed by atoms with E-state index in [9.17, 15) is 4.79 Å². The number of aromatic nitrogens is 2. The number of anilines is 1. The molecule has 0 atom stereocenters. The number of rotatable bonds is 7. The Kier molecular flexibility index (Phi) is 5.56. The molecule has 136 valence electrons. The fourth-order valence-corrected chi connectivity index (χ4v) is 3.29. The summed E-state index contributed by atoms with van der Waals surface area (Å²) in [5.74, 6) is 0.134. The van der Waals surface area contributed by atoms with Gasteiger partial charge in [0.05, 0.1) is 23.5 Å². The van der Waals surface area contributed by atoms with Gasteiger partial charge in [-0.15, -0.1) is 0 Å². The highest BCUT2D eigenvalue weighted by Gasteiger charge is 2.20. The van der Waals surface area contributed by atoms with Gasteiger partial charge in [0.2, 0.25) is 5.91 Å². The maximum absolute atomic E-state index is 13.0. The Morgan fingerprint density at radius 3 is 2.42 bits per heavy atom. The van der Waals surface area contributed by atoms with E-state index in [1.165, 1.54) is 0 Å². The Morgan fingerprint density at radius 1 is 1.08 bits per heavy atom. The molecule has 2 heterocycles. The summed E-state index contributed by atoms with van der Waals surface area (Å²) >= 11 is 0. The molecule has 0 aliphatic heterocycles. The highest BCUT2D eigenvalue weighted by Crippen LogP contribution is 2.27. The summed E-state index contributed by atoms with van der Waals surface area (Å²) in [4.78, 5) is 19.7. The van der Waals surface area contributed by atoms with E-state index in [4.69, 9.17) is 10.7 Å². The molecule has 0 aliphatic rings. The van der Waals surface area contributed by atoms with Gasteiger partial charge in [-0.25, -0.2) is 4.98 Å². The minimum atomic E-state index is 0.134. The van der Waals surface area contributed by atoms with Gasteiger partial charge in [-0.05, 0) is 25.0 Å². The predicted octanol–water partition coefficient (Wildman–Crippen LogP) is 3.77. The average Bonchev–Trinajstić information content (AvgIpc) is 3.02. The quantitative estimate of drug-likeness (QED) is 0.705. The predicted molar refractivity (Wildman–Crippen MR) is 106 cm³/mol. The van der Waals surface area contributed by atoms with Crippen LogP contribution in [0.4, 0.5) is 5.69 Å². The Labute approximate surface area is 154 Å². The van der Waals surface area contributed by atoms with Crippen molar-refractivity contribution < 1.29 is 4.79 Å². The normalized spacial score (nSPS) is 11.0. The second-order valence-corrected chi connectivity index (χ2v) is 6.49. The summed E-state index contributed by atoms with van der Waals surface area (Å²) in [5.41, 5.74) is 10.1. The van der Waals surface area contributed by atoms with E-state index in [2.05, 4.69) is 13.8 Å². The van der Waals surface area contributed by atoms with Crippen LogP contribution in [0, 0.1) is 0 Å². The number of carbonyl (C=O) groups excluding carboxylic acids is 1. The average molecular weight is 350 g/mol. The number of pyridine rings is 1. The van der Waals surface area contributed by atoms with Crippen molar-refractivity contribution in [3.8, 4) is 11.3 Å². The van der Waals surface area contributed by atoms with Gasteiger partial charge in [-0.3, -0.25) is 4.79 Å². The lowest BCUT2D eigenvalue weighted by molar-refractivity contribution is -0.130. The first-order valence-corrected chi connectivity index (χ1v) is 9.24. The standard InChI is InChI=1S/C21H26N4O/c1-3-12-24(13-4-2)19(26)15-18-20(16-9-6-5-7-10-16)23-21-17(22)11-8-14-25(18)21/h5-11,14H,3-4,12-13,15,22H2,1-2H3. The van der Waals surface area contributed by atoms with E-state index in [1.807, 2.05) is 58.0 Å². The Balaban J connectivity index is 2.06. The molecule has 2 N–H and O–H groups in total. The summed E-state index contributed by atoms with van der Waals surface area (Å²) in [6, 6.07) is 13.7. The van der Waals surface area contributed by atoms with Crippen LogP contribution in [0.15, 0.2) is 48.7 Å². The third-order valence-electron chi connectivity index (χ3n) is 4.48. The summed E-state index contributed by atoms with van der Waals surface area (Å²) < 4.78 is 1.95. The zero-order chi connectivity index (χ0) is 18.5. The van der Waals surface area contributed by atoms with E-state index >= 15 is 0 Å². The molecule has 0 saturated heterocycles. The molecule has 0 aliphatic carbocycles. The number of fused-ring (bicyclic) bond motifs is 1. The first kappa shape index (κ1) is 18.0. The van der Waals surface area contributed by atoms with Gasteiger partial charge >= 0.3 is 0 Å². The number of hydrogen-bond acceptors (Lipinski definition) is 3. The number of amides is 1. The van der Waals surface area contributed by atoms with Gasteiger partial charge in [0.25, 0.3) is 0 Å². The molecule has 26 heavy (non-hydrogen) atoms. The highest BCUT2D eigenvalue weighted by atomic mass is 16.2. The van der Waals surface area contributed by atoms with Crippen LogP contribution < -0.4 is 5.73 Å². The van der Waals surface area contributed by atoms with Crippen LogP contribution in [-0.4, -0.2) is 33.3 Å². The largest absolute Gasteiger partial charge is 0.396 e. The molecule has 0 saturated carbocycles. The van der Waals surface area contributed by atoms with Crippen molar-refractivity contribution in [2.24, 2.45) is 0 Å². The smallest absolute Gasteiger partial charge is 0.228 e. The number of nitrogens with zero attached hydrogens (tertiary/aromatic N) is 3. The summed E-state index contributed by atoms with van der Waals surface area (Å²) in [7, 11) is 0. The van der Waals surface area contributed by atoms with Crippen molar-refractivity contribution in [3.05, 3.63) is 54.4 Å². The molecular formula is C21H26N4O. The first-order valence-electron chi connectivity index (χ1n) is 9.24. The van der Waals surface area contributed by atoms with Crippen molar-refractivity contribution in [1.82, 2.24) is 14.3 Å². The monoisotopic (exact) mass is 350 g/mol. The van der Waals surface area contributed by atoms with Gasteiger partial charge in [0.1, 0.15) is 0 Å². The van der Waals surface area contributed by atoms with Gasteiger partial charge in [-0.2, -0.15) is 0 Å². The number of carbonyl (C=O) groups is 1. The van der Waals surface area contributed by atoms with E-state index < -0.39 is 0 Å². The molecule has 5 nitrogen and oxygen atoms in total. The van der Waals surface area contributed by atoms with Gasteiger partial charge in [0.15, 0.2) is 5.65 Å². The van der Waals surface area contributed by atoms with Crippen LogP contribution in [0.1, 0.15) is 32.4 Å². The fourth-order valence-electron chi connectivity index (χ4n) is 3.29. The molecule has 2 aromatic heterocycles. The van der Waals surface area contributed by atoms with Gasteiger partial charge in [-0.1, -0.05) is 44.2 Å². The highest BCUT2D eigenvalue weighted by molar-refractivity contribution is 5.83. The van der Waals surface area contributed by atoms with Crippen LogP contribution >= 0.6 is 0 Å². The molecular weight excluding hydrogens is 324 g/mol. The number of nitrogens with two attached hydrogens (primary N) is 1. The third kappa shape index (κ3) is 3.57. The van der Waals surface area contributed by atoms with Crippen LogP contribution in [0.25, 0.3) is 16.9 Å². The topological polar surface area (TPSA) is 63.6 Å². The molecule has 0 unspecified atom stereocenters. The van der Waals surface area contributed by atoms with E-state index in [0.29, 0.717) is 17.8 Å². The molecule has 0 bridgehead atoms. The van der Waals surface area contributed by atoms with Gasteiger partial charge in [0, 0.05) is 24.8 Å². The second-order valence-electron chi connectivity index (χ2n) is 6.49. The molecule has 0 spiro atoms. The molecule has 1 amide bonds.